The van der Waals surface area contributed by atoms with E-state index in [4.69, 9.17) is 0 Å². The highest BCUT2D eigenvalue weighted by Crippen LogP contribution is 2.22. The smallest absolute Gasteiger partial charge is 0.0935 e. The second-order valence-corrected chi connectivity index (χ2v) is 4.36. The highest BCUT2D eigenvalue weighted by Gasteiger charge is 2.16. The molecular weight excluding hydrogens is 203 g/mol. The first-order chi connectivity index (χ1) is 7.81. The number of alkyl halides is 1. The van der Waals surface area contributed by atoms with Crippen molar-refractivity contribution in [3.8, 4) is 0 Å². The third-order valence-electron chi connectivity index (χ3n) is 3.20. The van der Waals surface area contributed by atoms with Gasteiger partial charge in [-0.1, -0.05) is 18.2 Å². The molecule has 1 aromatic rings. The van der Waals surface area contributed by atoms with Crippen molar-refractivity contribution in [2.24, 2.45) is 0 Å². The van der Waals surface area contributed by atoms with Crippen LogP contribution in [0.25, 0.3) is 0 Å². The molecule has 3 heteroatoms. The minimum absolute atomic E-state index is 0.273. The fraction of sp³-hybridized carbons (Fsp3) is 0.538. The van der Waals surface area contributed by atoms with Crippen LogP contribution in [-0.2, 0) is 6.42 Å². The van der Waals surface area contributed by atoms with Crippen LogP contribution in [0.4, 0.5) is 10.1 Å². The molecule has 1 aromatic carbocycles. The van der Waals surface area contributed by atoms with E-state index in [0.717, 1.165) is 31.7 Å². The van der Waals surface area contributed by atoms with Gasteiger partial charge in [-0.05, 0) is 18.7 Å². The molecule has 0 radical (unpaired) electrons. The Hall–Kier alpha value is -1.09. The quantitative estimate of drug-likeness (QED) is 0.771. The second-order valence-electron chi connectivity index (χ2n) is 4.36. The number of anilines is 1. The van der Waals surface area contributed by atoms with Crippen LogP contribution in [0.3, 0.4) is 0 Å². The maximum atomic E-state index is 12.5. The van der Waals surface area contributed by atoms with E-state index in [-0.39, 0.29) is 6.67 Å². The van der Waals surface area contributed by atoms with Crippen molar-refractivity contribution in [2.75, 3.05) is 44.8 Å². The number of rotatable bonds is 3. The van der Waals surface area contributed by atoms with Gasteiger partial charge in [-0.15, -0.1) is 0 Å². The van der Waals surface area contributed by atoms with Crippen molar-refractivity contribution in [1.29, 1.82) is 0 Å². The molecule has 0 atom stereocenters. The van der Waals surface area contributed by atoms with Crippen molar-refractivity contribution >= 4 is 5.69 Å². The Kier molecular flexibility index (Phi) is 3.78. The van der Waals surface area contributed by atoms with Gasteiger partial charge in [-0.2, -0.15) is 0 Å². The van der Waals surface area contributed by atoms with Gasteiger partial charge in [0, 0.05) is 38.3 Å². The van der Waals surface area contributed by atoms with Gasteiger partial charge >= 0.3 is 0 Å². The van der Waals surface area contributed by atoms with Crippen molar-refractivity contribution in [2.45, 2.75) is 6.42 Å². The summed E-state index contributed by atoms with van der Waals surface area (Å²) in [6.45, 7) is 3.98. The average molecular weight is 222 g/mol. The molecule has 0 saturated carbocycles. The lowest BCUT2D eigenvalue weighted by Gasteiger charge is -2.35. The third kappa shape index (κ3) is 2.53. The van der Waals surface area contributed by atoms with Crippen LogP contribution in [-0.4, -0.2) is 44.8 Å². The van der Waals surface area contributed by atoms with Crippen molar-refractivity contribution in [3.05, 3.63) is 29.8 Å². The van der Waals surface area contributed by atoms with Gasteiger partial charge in [0.25, 0.3) is 0 Å². The molecule has 2 nitrogen and oxygen atoms in total. The van der Waals surface area contributed by atoms with Crippen molar-refractivity contribution < 1.29 is 4.39 Å². The highest BCUT2D eigenvalue weighted by molar-refractivity contribution is 5.54. The number of aryl methyl sites for hydroxylation is 1. The third-order valence-corrected chi connectivity index (χ3v) is 3.20. The van der Waals surface area contributed by atoms with E-state index in [1.54, 1.807) is 0 Å². The zero-order valence-corrected chi connectivity index (χ0v) is 9.82. The van der Waals surface area contributed by atoms with E-state index >= 15 is 0 Å². The maximum absolute atomic E-state index is 12.5. The van der Waals surface area contributed by atoms with Gasteiger partial charge in [0.1, 0.15) is 0 Å². The maximum Gasteiger partial charge on any atom is 0.0935 e. The molecule has 1 aliphatic rings. The number of piperazine rings is 1. The van der Waals surface area contributed by atoms with Crippen LogP contribution < -0.4 is 4.90 Å². The van der Waals surface area contributed by atoms with Crippen LogP contribution in [0, 0.1) is 0 Å². The van der Waals surface area contributed by atoms with Gasteiger partial charge in [-0.3, -0.25) is 4.39 Å². The molecular formula is C13H19FN2. The molecule has 16 heavy (non-hydrogen) atoms. The first-order valence-corrected chi connectivity index (χ1v) is 5.88. The van der Waals surface area contributed by atoms with Gasteiger partial charge in [-0.25, -0.2) is 0 Å². The molecule has 1 fully saturated rings. The molecule has 1 saturated heterocycles. The number of para-hydroxylation sites is 1. The normalized spacial score (nSPS) is 17.8. The van der Waals surface area contributed by atoms with Crippen LogP contribution in [0.2, 0.25) is 0 Å². The van der Waals surface area contributed by atoms with E-state index in [1.807, 2.05) is 18.2 Å². The Bertz CT molecular complexity index is 332. The van der Waals surface area contributed by atoms with Crippen molar-refractivity contribution in [1.82, 2.24) is 4.90 Å². The van der Waals surface area contributed by atoms with Crippen LogP contribution >= 0.6 is 0 Å². The molecule has 0 bridgehead atoms. The molecule has 88 valence electrons. The van der Waals surface area contributed by atoms with E-state index in [2.05, 4.69) is 22.9 Å². The Morgan fingerprint density at radius 2 is 1.81 bits per heavy atom. The number of hydrogen-bond acceptors (Lipinski definition) is 2. The molecule has 0 amide bonds. The van der Waals surface area contributed by atoms with Gasteiger partial charge in [0.05, 0.1) is 6.67 Å². The fourth-order valence-electron chi connectivity index (χ4n) is 2.18. The summed E-state index contributed by atoms with van der Waals surface area (Å²) in [6, 6.07) is 8.17. The molecule has 0 aliphatic carbocycles. The predicted molar refractivity (Wildman–Crippen MR) is 65.8 cm³/mol. The average Bonchev–Trinajstić information content (AvgIpc) is 2.32. The zero-order valence-electron chi connectivity index (χ0n) is 9.82. The Balaban J connectivity index is 2.13. The number of hydrogen-bond donors (Lipinski definition) is 0. The largest absolute Gasteiger partial charge is 0.369 e. The minimum atomic E-state index is -0.273. The molecule has 1 heterocycles. The topological polar surface area (TPSA) is 6.48 Å². The number of benzene rings is 1. The zero-order chi connectivity index (χ0) is 11.4. The minimum Gasteiger partial charge on any atom is -0.369 e. The van der Waals surface area contributed by atoms with Gasteiger partial charge in [0.15, 0.2) is 0 Å². The van der Waals surface area contributed by atoms with E-state index < -0.39 is 0 Å². The van der Waals surface area contributed by atoms with Crippen molar-refractivity contribution in [3.63, 3.8) is 0 Å². The highest BCUT2D eigenvalue weighted by atomic mass is 19.1. The lowest BCUT2D eigenvalue weighted by Crippen LogP contribution is -2.44. The Morgan fingerprint density at radius 1 is 1.12 bits per heavy atom. The van der Waals surface area contributed by atoms with Gasteiger partial charge in [0.2, 0.25) is 0 Å². The van der Waals surface area contributed by atoms with Crippen LogP contribution in [0.1, 0.15) is 5.56 Å². The number of likely N-dealkylation sites (N-methyl/N-ethyl adjacent to an activating group) is 1. The predicted octanol–water partition coefficient (Wildman–Crippen LogP) is 1.95. The summed E-state index contributed by atoms with van der Waals surface area (Å²) in [4.78, 5) is 4.69. The molecule has 0 spiro atoms. The van der Waals surface area contributed by atoms with E-state index in [0.29, 0.717) is 6.42 Å². The first kappa shape index (κ1) is 11.4. The lowest BCUT2D eigenvalue weighted by molar-refractivity contribution is 0.312. The fourth-order valence-corrected chi connectivity index (χ4v) is 2.18. The summed E-state index contributed by atoms with van der Waals surface area (Å²) in [5.74, 6) is 0. The summed E-state index contributed by atoms with van der Waals surface area (Å²) in [7, 11) is 2.14. The van der Waals surface area contributed by atoms with E-state index in [1.165, 1.54) is 5.69 Å². The van der Waals surface area contributed by atoms with Crippen LogP contribution in [0.15, 0.2) is 24.3 Å². The lowest BCUT2D eigenvalue weighted by atomic mass is 10.1. The van der Waals surface area contributed by atoms with Gasteiger partial charge < -0.3 is 9.80 Å². The standard InChI is InChI=1S/C13H19FN2/c1-15-8-10-16(11-9-15)13-5-3-2-4-12(13)6-7-14/h2-5H,6-11H2,1H3. The Labute approximate surface area is 96.7 Å². The summed E-state index contributed by atoms with van der Waals surface area (Å²) < 4.78 is 12.5. The van der Waals surface area contributed by atoms with Crippen LogP contribution in [0.5, 0.6) is 0 Å². The molecule has 0 N–H and O–H groups in total. The first-order valence-electron chi connectivity index (χ1n) is 5.88. The molecule has 1 aliphatic heterocycles. The number of nitrogens with zero attached hydrogens (tertiary/aromatic N) is 2. The van der Waals surface area contributed by atoms with E-state index in [9.17, 15) is 4.39 Å². The Morgan fingerprint density at radius 3 is 2.50 bits per heavy atom. The monoisotopic (exact) mass is 222 g/mol. The molecule has 0 aromatic heterocycles. The summed E-state index contributed by atoms with van der Waals surface area (Å²) in [5, 5.41) is 0. The SMILES string of the molecule is CN1CCN(c2ccccc2CCF)CC1. The molecule has 0 unspecified atom stereocenters. The molecule has 2 rings (SSSR count). The summed E-state index contributed by atoms with van der Waals surface area (Å²) in [5.41, 5.74) is 2.35. The summed E-state index contributed by atoms with van der Waals surface area (Å²) >= 11 is 0. The second kappa shape index (κ2) is 5.30. The summed E-state index contributed by atoms with van der Waals surface area (Å²) in [6.07, 6.45) is 0.530. The number of halogens is 1.